The number of carbonyl (C=O) groups excluding carboxylic acids is 1. The van der Waals surface area contributed by atoms with Gasteiger partial charge in [-0.05, 0) is 15.9 Å². The van der Waals surface area contributed by atoms with Crippen LogP contribution < -0.4 is 4.74 Å². The molecule has 0 atom stereocenters. The molecule has 1 aromatic heterocycles. The highest BCUT2D eigenvalue weighted by Crippen LogP contribution is 2.38. The van der Waals surface area contributed by atoms with Crippen LogP contribution in [0.2, 0.25) is 0 Å². The third-order valence-electron chi connectivity index (χ3n) is 1.61. The average Bonchev–Trinajstić information content (AvgIpc) is 2.15. The van der Waals surface area contributed by atoms with Crippen molar-refractivity contribution < 1.29 is 31.5 Å². The lowest BCUT2D eigenvalue weighted by molar-refractivity contribution is -0.275. The van der Waals surface area contributed by atoms with Crippen LogP contribution in [0, 0.1) is 0 Å². The summed E-state index contributed by atoms with van der Waals surface area (Å²) >= 11 is 2.56. The van der Waals surface area contributed by atoms with Gasteiger partial charge in [0.15, 0.2) is 12.0 Å². The van der Waals surface area contributed by atoms with Crippen LogP contribution in [0.3, 0.4) is 0 Å². The number of pyridine rings is 1. The summed E-state index contributed by atoms with van der Waals surface area (Å²) in [6, 6.07) is 0. The van der Waals surface area contributed by atoms with Crippen LogP contribution in [0.15, 0.2) is 10.8 Å². The molecule has 0 aliphatic carbocycles. The predicted molar refractivity (Wildman–Crippen MR) is 49.0 cm³/mol. The van der Waals surface area contributed by atoms with Crippen molar-refractivity contribution in [2.45, 2.75) is 12.8 Å². The molecule has 0 spiro atoms. The highest BCUT2D eigenvalue weighted by Gasteiger charge is 2.35. The van der Waals surface area contributed by atoms with Gasteiger partial charge < -0.3 is 4.74 Å². The Morgan fingerprint density at radius 3 is 2.41 bits per heavy atom. The Morgan fingerprint density at radius 1 is 1.41 bits per heavy atom. The number of aldehydes is 1. The van der Waals surface area contributed by atoms with Gasteiger partial charge in [0.2, 0.25) is 0 Å². The topological polar surface area (TPSA) is 39.2 Å². The van der Waals surface area contributed by atoms with Crippen molar-refractivity contribution in [3.05, 3.63) is 21.9 Å². The molecule has 17 heavy (non-hydrogen) atoms. The third kappa shape index (κ3) is 3.35. The second-order valence-electron chi connectivity index (χ2n) is 2.71. The largest absolute Gasteiger partial charge is 0.573 e. The Bertz CT molecular complexity index is 435. The quantitative estimate of drug-likeness (QED) is 0.486. The van der Waals surface area contributed by atoms with E-state index in [1.165, 1.54) is 0 Å². The molecule has 0 amide bonds. The maximum absolute atomic E-state index is 12.5. The van der Waals surface area contributed by atoms with Gasteiger partial charge in [0.1, 0.15) is 4.60 Å². The van der Waals surface area contributed by atoms with Gasteiger partial charge in [-0.2, -0.15) is 0 Å². The van der Waals surface area contributed by atoms with Crippen LogP contribution in [-0.4, -0.2) is 17.6 Å². The lowest BCUT2D eigenvalue weighted by atomic mass is 10.2. The first kappa shape index (κ1) is 13.8. The van der Waals surface area contributed by atoms with Crippen molar-refractivity contribution in [3.63, 3.8) is 0 Å². The maximum Gasteiger partial charge on any atom is 0.573 e. The first-order valence-corrected chi connectivity index (χ1v) is 4.73. The molecule has 9 heteroatoms. The second-order valence-corrected chi connectivity index (χ2v) is 3.46. The van der Waals surface area contributed by atoms with Gasteiger partial charge in [0.05, 0.1) is 11.1 Å². The van der Waals surface area contributed by atoms with Crippen molar-refractivity contribution in [2.75, 3.05) is 0 Å². The minimum Gasteiger partial charge on any atom is -0.404 e. The fraction of sp³-hybridized carbons (Fsp3) is 0.250. The number of rotatable bonds is 3. The van der Waals surface area contributed by atoms with E-state index in [4.69, 9.17) is 0 Å². The molecule has 0 unspecified atom stereocenters. The first-order chi connectivity index (χ1) is 7.76. The van der Waals surface area contributed by atoms with Crippen molar-refractivity contribution in [3.8, 4) is 5.75 Å². The monoisotopic (exact) mass is 319 g/mol. The van der Waals surface area contributed by atoms with Crippen LogP contribution in [0.25, 0.3) is 0 Å². The molecule has 3 nitrogen and oxygen atoms in total. The third-order valence-corrected chi connectivity index (χ3v) is 2.24. The highest BCUT2D eigenvalue weighted by molar-refractivity contribution is 9.10. The molecule has 0 saturated heterocycles. The van der Waals surface area contributed by atoms with Gasteiger partial charge in [-0.15, -0.1) is 13.2 Å². The Hall–Kier alpha value is -1.25. The molecule has 94 valence electrons. The van der Waals surface area contributed by atoms with E-state index in [1.54, 1.807) is 0 Å². The summed E-state index contributed by atoms with van der Waals surface area (Å²) in [4.78, 5) is 13.8. The molecular formula is C8H3BrF5NO2. The number of carbonyl (C=O) groups is 1. The predicted octanol–water partition coefficient (Wildman–Crippen LogP) is 3.49. The minimum atomic E-state index is -5.18. The molecule has 0 aliphatic rings. The van der Waals surface area contributed by atoms with E-state index in [-0.39, 0.29) is 6.29 Å². The fourth-order valence-corrected chi connectivity index (χ4v) is 1.46. The number of alkyl halides is 5. The molecule has 0 fully saturated rings. The Labute approximate surface area is 99.7 Å². The van der Waals surface area contributed by atoms with E-state index < -0.39 is 34.3 Å². The lowest BCUT2D eigenvalue weighted by Gasteiger charge is -2.15. The summed E-state index contributed by atoms with van der Waals surface area (Å²) in [6.07, 6.45) is -7.80. The summed E-state index contributed by atoms with van der Waals surface area (Å²) < 4.78 is 64.0. The van der Waals surface area contributed by atoms with Crippen LogP contribution >= 0.6 is 15.9 Å². The fourth-order valence-electron chi connectivity index (χ4n) is 1.01. The van der Waals surface area contributed by atoms with Crippen molar-refractivity contribution in [1.82, 2.24) is 4.98 Å². The number of ether oxygens (including phenoxy) is 1. The number of hydrogen-bond donors (Lipinski definition) is 0. The van der Waals surface area contributed by atoms with Gasteiger partial charge in [-0.3, -0.25) is 4.79 Å². The summed E-state index contributed by atoms with van der Waals surface area (Å²) in [5.41, 5.74) is -1.83. The molecule has 0 aliphatic heterocycles. The van der Waals surface area contributed by atoms with Gasteiger partial charge in [0, 0.05) is 6.20 Å². The Kier molecular flexibility index (Phi) is 4.02. The molecule has 0 bridgehead atoms. The molecule has 0 aromatic carbocycles. The molecular weight excluding hydrogens is 317 g/mol. The maximum atomic E-state index is 12.5. The molecule has 1 rings (SSSR count). The summed E-state index contributed by atoms with van der Waals surface area (Å²) in [5, 5.41) is 0. The van der Waals surface area contributed by atoms with Crippen molar-refractivity contribution in [2.24, 2.45) is 0 Å². The van der Waals surface area contributed by atoms with E-state index in [2.05, 4.69) is 25.7 Å². The lowest BCUT2D eigenvalue weighted by Crippen LogP contribution is -2.19. The molecule has 1 aromatic rings. The smallest absolute Gasteiger partial charge is 0.404 e. The Balaban J connectivity index is 3.40. The summed E-state index contributed by atoms with van der Waals surface area (Å²) in [7, 11) is 0. The van der Waals surface area contributed by atoms with Crippen LogP contribution in [0.1, 0.15) is 22.3 Å². The van der Waals surface area contributed by atoms with Crippen LogP contribution in [0.5, 0.6) is 5.75 Å². The van der Waals surface area contributed by atoms with E-state index in [9.17, 15) is 26.7 Å². The molecule has 0 N–H and O–H groups in total. The van der Waals surface area contributed by atoms with E-state index in [0.717, 1.165) is 0 Å². The standard InChI is InChI=1S/C8H3BrF5NO2/c9-6-4(7(10)11)5(17-8(12,13)14)3(2-16)1-15-6/h1-2,7H. The first-order valence-electron chi connectivity index (χ1n) is 3.93. The minimum absolute atomic E-state index is 0.0492. The molecule has 0 saturated carbocycles. The molecule has 0 radical (unpaired) electrons. The molecule has 1 heterocycles. The zero-order valence-corrected chi connectivity index (χ0v) is 9.35. The Morgan fingerprint density at radius 2 is 2.00 bits per heavy atom. The zero-order chi connectivity index (χ0) is 13.2. The normalized spacial score (nSPS) is 11.7. The SMILES string of the molecule is O=Cc1cnc(Br)c(C(F)F)c1OC(F)(F)F. The van der Waals surface area contributed by atoms with E-state index in [1.807, 2.05) is 0 Å². The van der Waals surface area contributed by atoms with Crippen molar-refractivity contribution in [1.29, 1.82) is 0 Å². The number of hydrogen-bond acceptors (Lipinski definition) is 3. The second kappa shape index (κ2) is 4.94. The zero-order valence-electron chi connectivity index (χ0n) is 7.76. The van der Waals surface area contributed by atoms with E-state index >= 15 is 0 Å². The summed E-state index contributed by atoms with van der Waals surface area (Å²) in [6.45, 7) is 0. The van der Waals surface area contributed by atoms with Gasteiger partial charge in [-0.25, -0.2) is 13.8 Å². The average molecular weight is 320 g/mol. The van der Waals surface area contributed by atoms with Crippen LogP contribution in [-0.2, 0) is 0 Å². The van der Waals surface area contributed by atoms with Gasteiger partial charge in [-0.1, -0.05) is 0 Å². The highest BCUT2D eigenvalue weighted by atomic mass is 79.9. The number of halogens is 6. The van der Waals surface area contributed by atoms with Gasteiger partial charge >= 0.3 is 6.36 Å². The summed E-state index contributed by atoms with van der Waals surface area (Å²) in [5.74, 6) is -1.25. The number of nitrogens with zero attached hydrogens (tertiary/aromatic N) is 1. The number of aromatic nitrogens is 1. The van der Waals surface area contributed by atoms with Crippen molar-refractivity contribution >= 4 is 22.2 Å². The van der Waals surface area contributed by atoms with E-state index in [0.29, 0.717) is 6.20 Å². The van der Waals surface area contributed by atoms with Gasteiger partial charge in [0.25, 0.3) is 6.43 Å². The van der Waals surface area contributed by atoms with Crippen LogP contribution in [0.4, 0.5) is 22.0 Å².